The highest BCUT2D eigenvalue weighted by atomic mass is 16.6. The van der Waals surface area contributed by atoms with Crippen molar-refractivity contribution in [3.05, 3.63) is 118 Å². The molecule has 0 bridgehead atoms. The predicted molar refractivity (Wildman–Crippen MR) is 267 cm³/mol. The van der Waals surface area contributed by atoms with Gasteiger partial charge in [0.05, 0.1) is 5.41 Å². The largest absolute Gasteiger partial charge is 0.449 e. The molecule has 4 aromatic carbocycles. The minimum Gasteiger partial charge on any atom is -0.449 e. The lowest BCUT2D eigenvalue weighted by Crippen LogP contribution is -2.56. The smallest absolute Gasteiger partial charge is 0.412 e. The molecule has 4 aromatic rings. The Morgan fingerprint density at radius 2 is 1.37 bits per heavy atom. The Morgan fingerprint density at radius 1 is 0.750 bits per heavy atom. The van der Waals surface area contributed by atoms with E-state index in [1.807, 2.05) is 63.2 Å². The molecular weight excluding hydrogens is 853 g/mol. The van der Waals surface area contributed by atoms with Gasteiger partial charge < -0.3 is 20.1 Å². The van der Waals surface area contributed by atoms with Gasteiger partial charge in [0.2, 0.25) is 17.7 Å². The maximum atomic E-state index is 14.6. The maximum absolute atomic E-state index is 14.6. The number of hydrogen-bond acceptors (Lipinski definition) is 7. The molecule has 4 aliphatic carbocycles. The van der Waals surface area contributed by atoms with Crippen LogP contribution >= 0.6 is 0 Å². The summed E-state index contributed by atoms with van der Waals surface area (Å²) in [6.45, 7) is 14.4. The van der Waals surface area contributed by atoms with E-state index in [0.29, 0.717) is 36.6 Å². The molecule has 0 spiro atoms. The number of aryl methyl sites for hydroxylation is 2. The third-order valence-corrected chi connectivity index (χ3v) is 16.2. The number of ether oxygens (including phenoxy) is 2. The van der Waals surface area contributed by atoms with Gasteiger partial charge in [-0.2, -0.15) is 0 Å². The van der Waals surface area contributed by atoms with Crippen LogP contribution in [0.4, 0.5) is 21.0 Å². The van der Waals surface area contributed by atoms with Crippen LogP contribution in [0.3, 0.4) is 0 Å². The summed E-state index contributed by atoms with van der Waals surface area (Å²) in [7, 11) is 1.66. The van der Waals surface area contributed by atoms with Crippen molar-refractivity contribution >= 4 is 41.3 Å². The van der Waals surface area contributed by atoms with E-state index in [9.17, 15) is 24.0 Å². The number of alkyl carbamates (subject to hydrolysis) is 1. The fraction of sp³-hybridized carbons (Fsp3) is 0.491. The van der Waals surface area contributed by atoms with Crippen LogP contribution in [0, 0.1) is 17.3 Å². The first kappa shape index (κ1) is 48.5. The highest BCUT2D eigenvalue weighted by molar-refractivity contribution is 5.98. The van der Waals surface area contributed by atoms with Crippen LogP contribution in [0.2, 0.25) is 0 Å². The number of carbonyl (C=O) groups is 5. The van der Waals surface area contributed by atoms with Gasteiger partial charge in [-0.15, -0.1) is 0 Å². The van der Waals surface area contributed by atoms with Gasteiger partial charge in [-0.1, -0.05) is 101 Å². The van der Waals surface area contributed by atoms with Gasteiger partial charge in [0.25, 0.3) is 0 Å². The van der Waals surface area contributed by atoms with Crippen LogP contribution in [0.1, 0.15) is 146 Å². The van der Waals surface area contributed by atoms with Crippen LogP contribution in [0.15, 0.2) is 84.9 Å². The molecule has 3 N–H and O–H groups in total. The Bertz CT molecular complexity index is 2550. The number of rotatable bonds is 12. The monoisotopic (exact) mass is 923 g/mol. The second-order valence-corrected chi connectivity index (χ2v) is 21.7. The SMILES string of the molecule is CC1CCc2ccc(NC(=O)OC(C)(C)C)cc2C1(C)CCCCC(=O)N(C)C(=O)[C@@]1(C)CCCC2(C)c3cc(NC(=O)CNC(=O)OCC4c5ccccc5-c5ccccc54)ccc3CCC21. The molecule has 68 heavy (non-hydrogen) atoms. The summed E-state index contributed by atoms with van der Waals surface area (Å²) >= 11 is 0. The number of anilines is 2. The van der Waals surface area contributed by atoms with E-state index >= 15 is 0 Å². The van der Waals surface area contributed by atoms with Crippen molar-refractivity contribution in [2.75, 3.05) is 30.8 Å². The minimum atomic E-state index is -0.735. The molecule has 4 unspecified atom stereocenters. The van der Waals surface area contributed by atoms with Gasteiger partial charge in [0.1, 0.15) is 18.8 Å². The summed E-state index contributed by atoms with van der Waals surface area (Å²) in [6.07, 6.45) is 7.67. The van der Waals surface area contributed by atoms with Crippen molar-refractivity contribution < 1.29 is 33.4 Å². The summed E-state index contributed by atoms with van der Waals surface area (Å²) in [5, 5.41) is 8.52. The highest BCUT2D eigenvalue weighted by Gasteiger charge is 2.56. The second kappa shape index (κ2) is 19.2. The Labute approximate surface area is 402 Å². The molecule has 0 radical (unpaired) electrons. The van der Waals surface area contributed by atoms with Gasteiger partial charge in [-0.25, -0.2) is 9.59 Å². The zero-order valence-electron chi connectivity index (χ0n) is 41.3. The zero-order chi connectivity index (χ0) is 48.6. The number of nitrogens with zero attached hydrogens (tertiary/aromatic N) is 1. The molecule has 11 heteroatoms. The second-order valence-electron chi connectivity index (χ2n) is 21.7. The van der Waals surface area contributed by atoms with E-state index in [1.165, 1.54) is 21.6 Å². The molecule has 5 amide bonds. The summed E-state index contributed by atoms with van der Waals surface area (Å²) in [4.78, 5) is 68.5. The molecule has 0 aromatic heterocycles. The van der Waals surface area contributed by atoms with E-state index < -0.39 is 23.2 Å². The molecule has 4 aliphatic rings. The van der Waals surface area contributed by atoms with E-state index in [-0.39, 0.29) is 53.5 Å². The van der Waals surface area contributed by atoms with Gasteiger partial charge in [0.15, 0.2) is 0 Å². The third kappa shape index (κ3) is 9.68. The highest BCUT2D eigenvalue weighted by Crippen LogP contribution is 2.58. The lowest BCUT2D eigenvalue weighted by molar-refractivity contribution is -0.156. The van der Waals surface area contributed by atoms with Crippen LogP contribution < -0.4 is 16.0 Å². The predicted octanol–water partition coefficient (Wildman–Crippen LogP) is 11.6. The molecule has 0 saturated heterocycles. The molecule has 0 heterocycles. The standard InChI is InChI=1S/C57H70N4O7/c1-36-21-22-37-24-27-40(60-53(66)68-54(2,3)4)33-46(37)55(36,5)29-14-13-20-50(63)61(8)51(64)57(7)31-15-30-56(6)47-32-39(26-23-38(47)25-28-48(56)57)59-49(62)34-58-52(65)67-35-45-43-18-11-9-16-41(43)42-17-10-12-19-44(42)45/h9-12,16-19,23-24,26-27,32-33,36,45,48H,13-15,20-22,25,28-31,34-35H2,1-8H3,(H,58,65)(H,59,62)(H,60,66)/t36?,48?,55?,56?,57-/m0/s1. The number of hydrogen-bond donors (Lipinski definition) is 3. The molecule has 1 saturated carbocycles. The fourth-order valence-electron chi connectivity index (χ4n) is 12.4. The normalized spacial score (nSPS) is 23.6. The topological polar surface area (TPSA) is 143 Å². The first-order chi connectivity index (χ1) is 32.3. The van der Waals surface area contributed by atoms with E-state index in [4.69, 9.17) is 9.47 Å². The number of fused-ring (bicyclic) bond motifs is 7. The number of imide groups is 1. The molecule has 5 atom stereocenters. The lowest BCUT2D eigenvalue weighted by Gasteiger charge is -2.55. The fourth-order valence-corrected chi connectivity index (χ4v) is 12.4. The van der Waals surface area contributed by atoms with Crippen molar-refractivity contribution in [2.24, 2.45) is 17.3 Å². The number of benzene rings is 4. The third-order valence-electron chi connectivity index (χ3n) is 16.2. The first-order valence-electron chi connectivity index (χ1n) is 24.8. The average molecular weight is 923 g/mol. The average Bonchev–Trinajstić information content (AvgIpc) is 3.62. The lowest BCUT2D eigenvalue weighted by atomic mass is 9.49. The maximum Gasteiger partial charge on any atom is 0.412 e. The van der Waals surface area contributed by atoms with Gasteiger partial charge in [-0.05, 0) is 164 Å². The van der Waals surface area contributed by atoms with Crippen molar-refractivity contribution in [2.45, 2.75) is 141 Å². The number of unbranched alkanes of at least 4 members (excludes halogenated alkanes) is 1. The Hall–Kier alpha value is -5.97. The van der Waals surface area contributed by atoms with Crippen LogP contribution in [0.25, 0.3) is 11.1 Å². The first-order valence-corrected chi connectivity index (χ1v) is 24.8. The van der Waals surface area contributed by atoms with Crippen molar-refractivity contribution in [1.29, 1.82) is 0 Å². The van der Waals surface area contributed by atoms with E-state index in [2.05, 4.69) is 86.1 Å². The van der Waals surface area contributed by atoms with E-state index in [1.54, 1.807) is 7.05 Å². The summed E-state index contributed by atoms with van der Waals surface area (Å²) in [5.74, 6) is -0.292. The van der Waals surface area contributed by atoms with Crippen molar-refractivity contribution in [3.8, 4) is 11.1 Å². The number of amides is 5. The Kier molecular flexibility index (Phi) is 13.7. The molecule has 0 aliphatic heterocycles. The quantitative estimate of drug-likeness (QED) is 0.120. The summed E-state index contributed by atoms with van der Waals surface area (Å²) in [5.41, 5.74) is 8.93. The van der Waals surface area contributed by atoms with Gasteiger partial charge >= 0.3 is 12.2 Å². The number of carbonyl (C=O) groups excluding carboxylic acids is 5. The van der Waals surface area contributed by atoms with Crippen molar-refractivity contribution in [3.63, 3.8) is 0 Å². The minimum absolute atomic E-state index is 0.00249. The van der Waals surface area contributed by atoms with Crippen molar-refractivity contribution in [1.82, 2.24) is 10.2 Å². The molecule has 8 rings (SSSR count). The van der Waals surface area contributed by atoms with Crippen LogP contribution in [-0.4, -0.2) is 60.6 Å². The molecular formula is C57H70N4O7. The zero-order valence-corrected chi connectivity index (χ0v) is 41.3. The van der Waals surface area contributed by atoms with E-state index in [0.717, 1.165) is 79.2 Å². The molecule has 360 valence electrons. The van der Waals surface area contributed by atoms with Gasteiger partial charge in [0, 0.05) is 30.8 Å². The van der Waals surface area contributed by atoms with Gasteiger partial charge in [-0.3, -0.25) is 24.6 Å². The number of nitrogens with one attached hydrogen (secondary N) is 3. The Morgan fingerprint density at radius 3 is 2.04 bits per heavy atom. The van der Waals surface area contributed by atoms with Crippen LogP contribution in [0.5, 0.6) is 0 Å². The Balaban J connectivity index is 0.848. The summed E-state index contributed by atoms with van der Waals surface area (Å²) < 4.78 is 11.2. The summed E-state index contributed by atoms with van der Waals surface area (Å²) in [6, 6.07) is 28.5. The molecule has 11 nitrogen and oxygen atoms in total. The van der Waals surface area contributed by atoms with Crippen LogP contribution in [-0.2, 0) is 47.5 Å². The molecule has 1 fully saturated rings.